The topological polar surface area (TPSA) is 32.7 Å². The number of phenolic OH excluding ortho intramolecular Hbond substituents is 1. The van der Waals surface area contributed by atoms with Crippen molar-refractivity contribution in [3.05, 3.63) is 76.9 Å². The summed E-state index contributed by atoms with van der Waals surface area (Å²) in [5, 5.41) is 12.2. The minimum absolute atomic E-state index is 0.0649. The highest BCUT2D eigenvalue weighted by Crippen LogP contribution is 2.62. The maximum atomic E-state index is 12.2. The summed E-state index contributed by atoms with van der Waals surface area (Å²) in [6.45, 7) is 12.7. The first kappa shape index (κ1) is 28.3. The average molecular weight is 552 g/mol. The molecule has 41 heavy (non-hydrogen) atoms. The summed E-state index contributed by atoms with van der Waals surface area (Å²) in [5.74, 6) is 3.01. The number of hydrogen-bond donors (Lipinski definition) is 1. The van der Waals surface area contributed by atoms with Crippen LogP contribution < -0.4 is 4.90 Å². The van der Waals surface area contributed by atoms with Crippen LogP contribution in [-0.2, 0) is 15.6 Å². The van der Waals surface area contributed by atoms with Gasteiger partial charge in [0, 0.05) is 37.1 Å². The summed E-state index contributed by atoms with van der Waals surface area (Å²) >= 11 is 0. The third-order valence-corrected chi connectivity index (χ3v) is 10.3. The van der Waals surface area contributed by atoms with Crippen LogP contribution in [0.1, 0.15) is 88.0 Å². The number of aryl methyl sites for hydroxylation is 2. The Morgan fingerprint density at radius 3 is 2.12 bits per heavy atom. The molecule has 3 aromatic carbocycles. The largest absolute Gasteiger partial charge is 0.505 e. The van der Waals surface area contributed by atoms with Crippen molar-refractivity contribution in [2.24, 2.45) is 17.8 Å². The lowest BCUT2D eigenvalue weighted by molar-refractivity contribution is -0.00613. The van der Waals surface area contributed by atoms with Gasteiger partial charge in [0.2, 0.25) is 0 Å². The standard InChI is InChI=1S/C38H49NO2/c1-25-14-30(21-31(15-25)37(3,4)5)32-10-7-8-11-34(32)39(12-9-13-41-6)35-17-26(2)16-33(36(35)40)38-22-27-18-28(23-38)20-29(19-27)24-38/h7-8,10-11,14-17,21,27-29,40H,9,12-13,18-20,22-24H2,1-6H3. The fraction of sp³-hybridized carbons (Fsp3) is 0.526. The molecule has 3 aromatic rings. The van der Waals surface area contributed by atoms with Crippen LogP contribution in [0.15, 0.2) is 54.6 Å². The van der Waals surface area contributed by atoms with Gasteiger partial charge >= 0.3 is 0 Å². The van der Waals surface area contributed by atoms with E-state index >= 15 is 0 Å². The van der Waals surface area contributed by atoms with Crippen LogP contribution in [0.2, 0.25) is 0 Å². The van der Waals surface area contributed by atoms with Crippen molar-refractivity contribution in [3.63, 3.8) is 0 Å². The third kappa shape index (κ3) is 5.43. The van der Waals surface area contributed by atoms with E-state index in [1.165, 1.54) is 71.9 Å². The quantitative estimate of drug-likeness (QED) is 0.283. The molecule has 0 aliphatic heterocycles. The summed E-state index contributed by atoms with van der Waals surface area (Å²) < 4.78 is 5.50. The predicted molar refractivity (Wildman–Crippen MR) is 172 cm³/mol. The predicted octanol–water partition coefficient (Wildman–Crippen LogP) is 9.62. The molecule has 0 atom stereocenters. The van der Waals surface area contributed by atoms with Crippen LogP contribution in [0.25, 0.3) is 11.1 Å². The summed E-state index contributed by atoms with van der Waals surface area (Å²) in [7, 11) is 1.77. The van der Waals surface area contributed by atoms with E-state index < -0.39 is 0 Å². The van der Waals surface area contributed by atoms with E-state index in [2.05, 4.69) is 94.1 Å². The number of rotatable bonds is 8. The zero-order chi connectivity index (χ0) is 28.9. The van der Waals surface area contributed by atoms with E-state index in [-0.39, 0.29) is 10.8 Å². The van der Waals surface area contributed by atoms with Crippen molar-refractivity contribution >= 4 is 11.4 Å². The Kier molecular flexibility index (Phi) is 7.47. The molecule has 4 aliphatic rings. The molecule has 0 saturated heterocycles. The van der Waals surface area contributed by atoms with Gasteiger partial charge in [-0.25, -0.2) is 0 Å². The van der Waals surface area contributed by atoms with E-state index in [9.17, 15) is 5.11 Å². The van der Waals surface area contributed by atoms with Gasteiger partial charge in [-0.2, -0.15) is 0 Å². The summed E-state index contributed by atoms with van der Waals surface area (Å²) in [6.07, 6.45) is 8.83. The second-order valence-corrected chi connectivity index (χ2v) is 14.7. The van der Waals surface area contributed by atoms with Gasteiger partial charge in [0.25, 0.3) is 0 Å². The molecule has 0 radical (unpaired) electrons. The lowest BCUT2D eigenvalue weighted by atomic mass is 9.48. The number of para-hydroxylation sites is 1. The number of phenols is 1. The van der Waals surface area contributed by atoms with Crippen LogP contribution in [0.5, 0.6) is 5.75 Å². The molecule has 3 nitrogen and oxygen atoms in total. The smallest absolute Gasteiger partial charge is 0.142 e. The number of ether oxygens (including phenoxy) is 1. The number of benzene rings is 3. The Bertz CT molecular complexity index is 1380. The molecule has 4 fully saturated rings. The molecule has 4 saturated carbocycles. The van der Waals surface area contributed by atoms with Gasteiger partial charge in [0.15, 0.2) is 0 Å². The molecule has 218 valence electrons. The van der Waals surface area contributed by atoms with Crippen LogP contribution in [0.4, 0.5) is 11.4 Å². The molecule has 0 heterocycles. The highest BCUT2D eigenvalue weighted by atomic mass is 16.5. The van der Waals surface area contributed by atoms with E-state index in [0.717, 1.165) is 42.1 Å². The van der Waals surface area contributed by atoms with Gasteiger partial charge in [0.1, 0.15) is 5.75 Å². The molecule has 7 rings (SSSR count). The fourth-order valence-electron chi connectivity index (χ4n) is 8.87. The lowest BCUT2D eigenvalue weighted by Crippen LogP contribution is -2.48. The Morgan fingerprint density at radius 2 is 1.49 bits per heavy atom. The fourth-order valence-corrected chi connectivity index (χ4v) is 8.87. The highest BCUT2D eigenvalue weighted by molar-refractivity contribution is 5.85. The molecular weight excluding hydrogens is 502 g/mol. The number of hydrogen-bond acceptors (Lipinski definition) is 3. The maximum Gasteiger partial charge on any atom is 0.142 e. The average Bonchev–Trinajstić information content (AvgIpc) is 2.91. The van der Waals surface area contributed by atoms with Crippen molar-refractivity contribution < 1.29 is 9.84 Å². The summed E-state index contributed by atoms with van der Waals surface area (Å²) in [5.41, 5.74) is 9.80. The molecule has 4 aliphatic carbocycles. The number of anilines is 2. The van der Waals surface area contributed by atoms with Crippen molar-refractivity contribution in [3.8, 4) is 16.9 Å². The normalized spacial score (nSPS) is 25.1. The lowest BCUT2D eigenvalue weighted by Gasteiger charge is -2.57. The minimum atomic E-state index is 0.0649. The van der Waals surface area contributed by atoms with Crippen LogP contribution in [-0.4, -0.2) is 25.4 Å². The van der Waals surface area contributed by atoms with Gasteiger partial charge in [-0.3, -0.25) is 0 Å². The van der Waals surface area contributed by atoms with Gasteiger partial charge in [-0.15, -0.1) is 0 Å². The molecule has 0 amide bonds. The maximum absolute atomic E-state index is 12.2. The van der Waals surface area contributed by atoms with Gasteiger partial charge in [0.05, 0.1) is 5.69 Å². The number of methoxy groups -OCH3 is 1. The van der Waals surface area contributed by atoms with Crippen LogP contribution in [0, 0.1) is 31.6 Å². The van der Waals surface area contributed by atoms with Crippen LogP contribution >= 0.6 is 0 Å². The highest BCUT2D eigenvalue weighted by Gasteiger charge is 2.52. The first-order chi connectivity index (χ1) is 19.6. The first-order valence-corrected chi connectivity index (χ1v) is 15.9. The molecule has 0 unspecified atom stereocenters. The molecular formula is C38H49NO2. The van der Waals surface area contributed by atoms with Crippen molar-refractivity contribution in [1.82, 2.24) is 0 Å². The molecule has 0 spiro atoms. The van der Waals surface area contributed by atoms with Crippen molar-refractivity contribution in [2.45, 2.75) is 90.4 Å². The van der Waals surface area contributed by atoms with Crippen LogP contribution in [0.3, 0.4) is 0 Å². The monoisotopic (exact) mass is 551 g/mol. The Morgan fingerprint density at radius 1 is 0.854 bits per heavy atom. The Balaban J connectivity index is 1.48. The van der Waals surface area contributed by atoms with E-state index in [0.29, 0.717) is 12.4 Å². The van der Waals surface area contributed by atoms with Crippen molar-refractivity contribution in [2.75, 3.05) is 25.2 Å². The minimum Gasteiger partial charge on any atom is -0.505 e. The zero-order valence-corrected chi connectivity index (χ0v) is 26.1. The van der Waals surface area contributed by atoms with E-state index in [1.54, 1.807) is 7.11 Å². The SMILES string of the molecule is COCCCN(c1ccccc1-c1cc(C)cc(C(C)(C)C)c1)c1cc(C)cc(C23CC4CC(CC(C4)C2)C3)c1O. The second-order valence-electron chi connectivity index (χ2n) is 14.7. The Labute approximate surface area is 247 Å². The van der Waals surface area contributed by atoms with Crippen molar-refractivity contribution in [1.29, 1.82) is 0 Å². The number of aromatic hydroxyl groups is 1. The molecule has 3 heteroatoms. The zero-order valence-electron chi connectivity index (χ0n) is 26.1. The third-order valence-electron chi connectivity index (χ3n) is 10.3. The second kappa shape index (κ2) is 10.8. The molecule has 0 aromatic heterocycles. The van der Waals surface area contributed by atoms with E-state index in [4.69, 9.17) is 4.74 Å². The molecule has 4 bridgehead atoms. The first-order valence-electron chi connectivity index (χ1n) is 15.9. The number of nitrogens with zero attached hydrogens (tertiary/aromatic N) is 1. The molecule has 1 N–H and O–H groups in total. The summed E-state index contributed by atoms with van der Waals surface area (Å²) in [6, 6.07) is 20.3. The Hall–Kier alpha value is -2.78. The van der Waals surface area contributed by atoms with Gasteiger partial charge in [-0.1, -0.05) is 68.8 Å². The van der Waals surface area contributed by atoms with Gasteiger partial charge < -0.3 is 14.7 Å². The summed E-state index contributed by atoms with van der Waals surface area (Å²) in [4.78, 5) is 2.37. The van der Waals surface area contributed by atoms with Gasteiger partial charge in [-0.05, 0) is 116 Å². The van der Waals surface area contributed by atoms with E-state index in [1.807, 2.05) is 0 Å².